The van der Waals surface area contributed by atoms with E-state index in [1.807, 2.05) is 0 Å². The molecule has 0 aromatic heterocycles. The van der Waals surface area contributed by atoms with E-state index in [-0.39, 0.29) is 11.9 Å². The van der Waals surface area contributed by atoms with Gasteiger partial charge in [0.05, 0.1) is 5.57 Å². The maximum absolute atomic E-state index is 11.8. The molecule has 1 saturated heterocycles. The second kappa shape index (κ2) is 3.89. The minimum Gasteiger partial charge on any atom is -0.368 e. The molecule has 0 saturated carbocycles. The molecule has 3 heterocycles. The Labute approximate surface area is 98.6 Å². The maximum atomic E-state index is 11.8. The number of likely N-dealkylation sites (tertiary alicyclic amines) is 1. The highest BCUT2D eigenvalue weighted by Crippen LogP contribution is 2.20. The fourth-order valence-electron chi connectivity index (χ4n) is 2.32. The highest BCUT2D eigenvalue weighted by Gasteiger charge is 2.29. The van der Waals surface area contributed by atoms with E-state index >= 15 is 0 Å². The van der Waals surface area contributed by atoms with E-state index in [4.69, 9.17) is 5.73 Å². The second-order valence-corrected chi connectivity index (χ2v) is 4.35. The zero-order chi connectivity index (χ0) is 11.8. The van der Waals surface area contributed by atoms with Crippen LogP contribution in [0.3, 0.4) is 0 Å². The molecule has 17 heavy (non-hydrogen) atoms. The molecule has 0 unspecified atom stereocenters. The molecule has 0 radical (unpaired) electrons. The highest BCUT2D eigenvalue weighted by molar-refractivity contribution is 6.34. The number of carbonyl (C=O) groups excluding carboxylic acids is 1. The number of aliphatic imine (C=N–C) groups is 3. The summed E-state index contributed by atoms with van der Waals surface area (Å²) in [6.45, 7) is 2.91. The van der Waals surface area contributed by atoms with Gasteiger partial charge < -0.3 is 5.73 Å². The zero-order valence-corrected chi connectivity index (χ0v) is 9.39. The molecule has 0 aromatic carbocycles. The molecule has 3 aliphatic rings. The van der Waals surface area contributed by atoms with Gasteiger partial charge in [-0.3, -0.25) is 9.69 Å². The molecule has 0 aromatic rings. The summed E-state index contributed by atoms with van der Waals surface area (Å²) < 4.78 is 0. The van der Waals surface area contributed by atoms with Gasteiger partial charge in [-0.15, -0.1) is 0 Å². The lowest BCUT2D eigenvalue weighted by atomic mass is 10.1. The lowest BCUT2D eigenvalue weighted by molar-refractivity contribution is -0.114. The summed E-state index contributed by atoms with van der Waals surface area (Å²) in [5.41, 5.74) is 6.85. The van der Waals surface area contributed by atoms with E-state index in [9.17, 15) is 4.79 Å². The smallest absolute Gasteiger partial charge is 0.284 e. The predicted octanol–water partition coefficient (Wildman–Crippen LogP) is -0.283. The molecule has 0 atom stereocenters. The van der Waals surface area contributed by atoms with Crippen LogP contribution in [0.5, 0.6) is 0 Å². The lowest BCUT2D eigenvalue weighted by Crippen LogP contribution is -2.26. The van der Waals surface area contributed by atoms with Crippen molar-refractivity contribution in [3.8, 4) is 0 Å². The first-order valence-corrected chi connectivity index (χ1v) is 5.71. The molecule has 6 nitrogen and oxygen atoms in total. The molecule has 3 rings (SSSR count). The van der Waals surface area contributed by atoms with Gasteiger partial charge in [0.2, 0.25) is 5.96 Å². The number of amidine groups is 1. The van der Waals surface area contributed by atoms with Crippen molar-refractivity contribution in [2.45, 2.75) is 12.8 Å². The van der Waals surface area contributed by atoms with Crippen LogP contribution in [0.1, 0.15) is 12.8 Å². The Morgan fingerprint density at radius 3 is 2.82 bits per heavy atom. The quantitative estimate of drug-likeness (QED) is 0.709. The SMILES string of the molecule is NC1=NC(=O)C2=C(CN3CCCC3)C=NC2=N1. The van der Waals surface area contributed by atoms with Gasteiger partial charge in [0, 0.05) is 18.3 Å². The number of hydrogen-bond acceptors (Lipinski definition) is 5. The molecular formula is C11H13N5O. The number of rotatable bonds is 2. The van der Waals surface area contributed by atoms with Crippen LogP contribution in [0.2, 0.25) is 0 Å². The number of hydrogen-bond donors (Lipinski definition) is 1. The molecule has 0 bridgehead atoms. The van der Waals surface area contributed by atoms with Crippen LogP contribution < -0.4 is 5.73 Å². The zero-order valence-electron chi connectivity index (χ0n) is 9.39. The van der Waals surface area contributed by atoms with Gasteiger partial charge in [-0.25, -0.2) is 4.99 Å². The Morgan fingerprint density at radius 1 is 1.29 bits per heavy atom. The molecule has 6 heteroatoms. The van der Waals surface area contributed by atoms with Gasteiger partial charge in [-0.1, -0.05) is 0 Å². The van der Waals surface area contributed by atoms with Crippen molar-refractivity contribution >= 4 is 23.9 Å². The van der Waals surface area contributed by atoms with Crippen molar-refractivity contribution in [2.24, 2.45) is 20.7 Å². The molecule has 0 spiro atoms. The molecule has 0 aliphatic carbocycles. The fourth-order valence-corrected chi connectivity index (χ4v) is 2.32. The number of amides is 1. The molecule has 1 fully saturated rings. The van der Waals surface area contributed by atoms with Crippen molar-refractivity contribution < 1.29 is 4.79 Å². The van der Waals surface area contributed by atoms with Crippen LogP contribution >= 0.6 is 0 Å². The third kappa shape index (κ3) is 1.80. The Balaban J connectivity index is 1.88. The van der Waals surface area contributed by atoms with Crippen molar-refractivity contribution in [3.05, 3.63) is 11.1 Å². The van der Waals surface area contributed by atoms with E-state index < -0.39 is 0 Å². The van der Waals surface area contributed by atoms with E-state index in [1.54, 1.807) is 6.21 Å². The molecule has 1 amide bonds. The standard InChI is InChI=1S/C11H13N5O/c12-11-14-9-8(10(17)15-11)7(5-13-9)6-16-3-1-2-4-16/h5H,1-4,6H2,(H2,12,15,17). The van der Waals surface area contributed by atoms with Gasteiger partial charge in [-0.05, 0) is 25.9 Å². The minimum atomic E-state index is -0.320. The van der Waals surface area contributed by atoms with Crippen LogP contribution in [0.25, 0.3) is 0 Å². The topological polar surface area (TPSA) is 83.4 Å². The number of fused-ring (bicyclic) bond motifs is 1. The Kier molecular flexibility index (Phi) is 2.36. The van der Waals surface area contributed by atoms with Crippen LogP contribution in [-0.4, -0.2) is 48.5 Å². The fraction of sp³-hybridized carbons (Fsp3) is 0.455. The molecule has 2 N–H and O–H groups in total. The summed E-state index contributed by atoms with van der Waals surface area (Å²) in [6, 6.07) is 0. The van der Waals surface area contributed by atoms with Crippen molar-refractivity contribution in [1.82, 2.24) is 4.90 Å². The highest BCUT2D eigenvalue weighted by atomic mass is 16.1. The maximum Gasteiger partial charge on any atom is 0.284 e. The number of guanidine groups is 1. The second-order valence-electron chi connectivity index (χ2n) is 4.35. The largest absolute Gasteiger partial charge is 0.368 e. The minimum absolute atomic E-state index is 0.00618. The summed E-state index contributed by atoms with van der Waals surface area (Å²) in [7, 11) is 0. The van der Waals surface area contributed by atoms with Crippen molar-refractivity contribution in [2.75, 3.05) is 19.6 Å². The molecular weight excluding hydrogens is 218 g/mol. The van der Waals surface area contributed by atoms with Crippen molar-refractivity contribution in [3.63, 3.8) is 0 Å². The van der Waals surface area contributed by atoms with Crippen LogP contribution in [0, 0.1) is 0 Å². The van der Waals surface area contributed by atoms with Crippen LogP contribution in [0.15, 0.2) is 26.1 Å². The average Bonchev–Trinajstić information content (AvgIpc) is 2.88. The van der Waals surface area contributed by atoms with Gasteiger partial charge in [-0.2, -0.15) is 9.98 Å². The average molecular weight is 231 g/mol. The van der Waals surface area contributed by atoms with E-state index in [0.29, 0.717) is 11.4 Å². The summed E-state index contributed by atoms with van der Waals surface area (Å²) in [4.78, 5) is 25.8. The van der Waals surface area contributed by atoms with E-state index in [2.05, 4.69) is 19.9 Å². The van der Waals surface area contributed by atoms with E-state index in [1.165, 1.54) is 12.8 Å². The third-order valence-electron chi connectivity index (χ3n) is 3.13. The first-order valence-electron chi connectivity index (χ1n) is 5.71. The van der Waals surface area contributed by atoms with E-state index in [0.717, 1.165) is 25.2 Å². The first-order chi connectivity index (χ1) is 8.24. The summed E-state index contributed by atoms with van der Waals surface area (Å²) in [6.07, 6.45) is 4.15. The number of nitrogens with two attached hydrogens (primary N) is 1. The first kappa shape index (κ1) is 10.3. The number of nitrogens with zero attached hydrogens (tertiary/aromatic N) is 4. The Hall–Kier alpha value is -1.82. The summed E-state index contributed by atoms with van der Waals surface area (Å²) in [5.74, 6) is 0.0872. The van der Waals surface area contributed by atoms with Crippen LogP contribution in [-0.2, 0) is 4.79 Å². The molecule has 3 aliphatic heterocycles. The van der Waals surface area contributed by atoms with Gasteiger partial charge in [0.15, 0.2) is 5.84 Å². The van der Waals surface area contributed by atoms with Gasteiger partial charge >= 0.3 is 0 Å². The Morgan fingerprint density at radius 2 is 2.06 bits per heavy atom. The number of carbonyl (C=O) groups is 1. The Bertz CT molecular complexity index is 494. The van der Waals surface area contributed by atoms with Gasteiger partial charge in [0.25, 0.3) is 5.91 Å². The summed E-state index contributed by atoms with van der Waals surface area (Å²) in [5, 5.41) is 0. The summed E-state index contributed by atoms with van der Waals surface area (Å²) >= 11 is 0. The molecule has 88 valence electrons. The predicted molar refractivity (Wildman–Crippen MR) is 65.3 cm³/mol. The van der Waals surface area contributed by atoms with Crippen LogP contribution in [0.4, 0.5) is 0 Å². The normalized spacial score (nSPS) is 24.1. The third-order valence-corrected chi connectivity index (χ3v) is 3.13. The van der Waals surface area contributed by atoms with Gasteiger partial charge in [0.1, 0.15) is 0 Å². The van der Waals surface area contributed by atoms with Crippen molar-refractivity contribution in [1.29, 1.82) is 0 Å². The lowest BCUT2D eigenvalue weighted by Gasteiger charge is -2.15. The monoisotopic (exact) mass is 231 g/mol.